The van der Waals surface area contributed by atoms with Gasteiger partial charge in [0.1, 0.15) is 5.82 Å². The minimum Gasteiger partial charge on any atom is -0.341 e. The zero-order valence-electron chi connectivity index (χ0n) is 12.7. The van der Waals surface area contributed by atoms with E-state index in [2.05, 4.69) is 48.2 Å². The molecule has 3 heteroatoms. The summed E-state index contributed by atoms with van der Waals surface area (Å²) in [4.78, 5) is 8.12. The molecule has 3 rings (SSSR count). The van der Waals surface area contributed by atoms with Crippen molar-refractivity contribution in [3.05, 3.63) is 30.1 Å². The van der Waals surface area contributed by atoms with Crippen molar-refractivity contribution in [1.29, 1.82) is 0 Å². The summed E-state index contributed by atoms with van der Waals surface area (Å²) >= 11 is 0. The number of benzene rings is 1. The number of fused-ring (bicyclic) bond motifs is 1. The largest absolute Gasteiger partial charge is 0.341 e. The molecule has 1 fully saturated rings. The third-order valence-electron chi connectivity index (χ3n) is 4.64. The van der Waals surface area contributed by atoms with E-state index in [0.29, 0.717) is 11.5 Å². The molecule has 0 bridgehead atoms. The molecule has 3 nitrogen and oxygen atoms in total. The maximum absolute atomic E-state index is 4.69. The van der Waals surface area contributed by atoms with Gasteiger partial charge in [0.25, 0.3) is 0 Å². The Bertz CT molecular complexity index is 542. The molecule has 1 aromatic heterocycles. The van der Waals surface area contributed by atoms with E-state index in [1.807, 2.05) is 12.1 Å². The summed E-state index contributed by atoms with van der Waals surface area (Å²) in [6.07, 6.45) is 5.18. The number of aromatic nitrogens is 2. The summed E-state index contributed by atoms with van der Waals surface area (Å²) in [6, 6.07) is 9.15. The van der Waals surface area contributed by atoms with Gasteiger partial charge in [0.2, 0.25) is 0 Å². The Hall–Kier alpha value is -1.35. The number of nitrogens with zero attached hydrogens (tertiary/aromatic N) is 1. The van der Waals surface area contributed by atoms with Crippen molar-refractivity contribution in [2.45, 2.75) is 58.5 Å². The monoisotopic (exact) mass is 271 g/mol. The van der Waals surface area contributed by atoms with Crippen LogP contribution in [0.3, 0.4) is 0 Å². The van der Waals surface area contributed by atoms with Crippen molar-refractivity contribution in [3.8, 4) is 0 Å². The van der Waals surface area contributed by atoms with Crippen LogP contribution in [0.5, 0.6) is 0 Å². The molecule has 108 valence electrons. The van der Waals surface area contributed by atoms with Gasteiger partial charge in [0.05, 0.1) is 17.1 Å². The van der Waals surface area contributed by atoms with Crippen LogP contribution < -0.4 is 5.32 Å². The summed E-state index contributed by atoms with van der Waals surface area (Å²) < 4.78 is 0. The third-order valence-corrected chi connectivity index (χ3v) is 4.64. The van der Waals surface area contributed by atoms with E-state index in [9.17, 15) is 0 Å². The lowest BCUT2D eigenvalue weighted by Crippen LogP contribution is -2.37. The van der Waals surface area contributed by atoms with Crippen molar-refractivity contribution in [2.24, 2.45) is 5.41 Å². The van der Waals surface area contributed by atoms with Crippen molar-refractivity contribution in [2.75, 3.05) is 0 Å². The third kappa shape index (κ3) is 2.88. The second kappa shape index (κ2) is 5.21. The van der Waals surface area contributed by atoms with E-state index in [0.717, 1.165) is 16.9 Å². The van der Waals surface area contributed by atoms with Gasteiger partial charge in [-0.15, -0.1) is 0 Å². The molecule has 2 N–H and O–H groups in total. The molecule has 1 aromatic carbocycles. The van der Waals surface area contributed by atoms with Crippen LogP contribution in [0.2, 0.25) is 0 Å². The number of nitrogens with one attached hydrogen (secondary N) is 2. The van der Waals surface area contributed by atoms with Gasteiger partial charge in [-0.2, -0.15) is 0 Å². The predicted molar refractivity (Wildman–Crippen MR) is 83.7 cm³/mol. The van der Waals surface area contributed by atoms with Gasteiger partial charge in [0.15, 0.2) is 0 Å². The number of rotatable bonds is 3. The number of aromatic amines is 1. The van der Waals surface area contributed by atoms with Gasteiger partial charge >= 0.3 is 0 Å². The standard InChI is InChI=1S/C17H25N3/c1-12(18-13-8-10-17(2,3)11-9-13)16-19-14-6-4-5-7-15(14)20-16/h4-7,12-13,18H,8-11H2,1-3H3,(H,19,20). The Morgan fingerprint density at radius 3 is 2.65 bits per heavy atom. The number of para-hydroxylation sites is 2. The van der Waals surface area contributed by atoms with Gasteiger partial charge < -0.3 is 10.3 Å². The Morgan fingerprint density at radius 2 is 1.95 bits per heavy atom. The SMILES string of the molecule is CC(NC1CCC(C)(C)CC1)c1nc2ccccc2[nH]1. The molecule has 1 aliphatic rings. The summed E-state index contributed by atoms with van der Waals surface area (Å²) in [5.41, 5.74) is 2.71. The fourth-order valence-corrected chi connectivity index (χ4v) is 3.18. The molecule has 1 heterocycles. The normalized spacial score (nSPS) is 21.1. The molecular weight excluding hydrogens is 246 g/mol. The minimum absolute atomic E-state index is 0.286. The van der Waals surface area contributed by atoms with Crippen molar-refractivity contribution in [3.63, 3.8) is 0 Å². The average Bonchev–Trinajstić information content (AvgIpc) is 2.85. The zero-order chi connectivity index (χ0) is 14.2. The fraction of sp³-hybridized carbons (Fsp3) is 0.588. The summed E-state index contributed by atoms with van der Waals surface area (Å²) in [5, 5.41) is 3.74. The van der Waals surface area contributed by atoms with Crippen molar-refractivity contribution < 1.29 is 0 Å². The van der Waals surface area contributed by atoms with Crippen molar-refractivity contribution >= 4 is 11.0 Å². The molecule has 0 radical (unpaired) electrons. The van der Waals surface area contributed by atoms with Gasteiger partial charge in [0, 0.05) is 6.04 Å². The molecule has 1 saturated carbocycles. The predicted octanol–water partition coefficient (Wildman–Crippen LogP) is 4.18. The quantitative estimate of drug-likeness (QED) is 0.879. The van der Waals surface area contributed by atoms with Crippen LogP contribution in [-0.4, -0.2) is 16.0 Å². The first-order valence-corrected chi connectivity index (χ1v) is 7.74. The Kier molecular flexibility index (Phi) is 3.55. The summed E-state index contributed by atoms with van der Waals surface area (Å²) in [6.45, 7) is 6.97. The van der Waals surface area contributed by atoms with Gasteiger partial charge in [-0.3, -0.25) is 0 Å². The van der Waals surface area contributed by atoms with Crippen LogP contribution in [0.1, 0.15) is 58.3 Å². The number of hydrogen-bond acceptors (Lipinski definition) is 2. The summed E-state index contributed by atoms with van der Waals surface area (Å²) in [7, 11) is 0. The molecule has 0 aliphatic heterocycles. The molecular formula is C17H25N3. The van der Waals surface area contributed by atoms with Crippen LogP contribution in [0.15, 0.2) is 24.3 Å². The first-order chi connectivity index (χ1) is 9.53. The smallest absolute Gasteiger partial charge is 0.124 e. The molecule has 20 heavy (non-hydrogen) atoms. The topological polar surface area (TPSA) is 40.7 Å². The molecule has 1 unspecified atom stereocenters. The molecule has 0 spiro atoms. The maximum atomic E-state index is 4.69. The zero-order valence-corrected chi connectivity index (χ0v) is 12.7. The number of hydrogen-bond donors (Lipinski definition) is 2. The van der Waals surface area contributed by atoms with Gasteiger partial charge in [-0.1, -0.05) is 26.0 Å². The number of imidazole rings is 1. The summed E-state index contributed by atoms with van der Waals surface area (Å²) in [5.74, 6) is 1.05. The molecule has 2 aromatic rings. The van der Waals surface area contributed by atoms with Gasteiger partial charge in [-0.25, -0.2) is 4.98 Å². The minimum atomic E-state index is 0.286. The Morgan fingerprint density at radius 1 is 1.25 bits per heavy atom. The highest BCUT2D eigenvalue weighted by Crippen LogP contribution is 2.35. The van der Waals surface area contributed by atoms with Gasteiger partial charge in [-0.05, 0) is 50.2 Å². The van der Waals surface area contributed by atoms with E-state index in [-0.39, 0.29) is 6.04 Å². The van der Waals surface area contributed by atoms with Crippen molar-refractivity contribution in [1.82, 2.24) is 15.3 Å². The van der Waals surface area contributed by atoms with Crippen LogP contribution in [0.4, 0.5) is 0 Å². The van der Waals surface area contributed by atoms with Crippen LogP contribution in [-0.2, 0) is 0 Å². The Balaban J connectivity index is 1.66. The lowest BCUT2D eigenvalue weighted by Gasteiger charge is -2.35. The van der Waals surface area contributed by atoms with E-state index in [1.165, 1.54) is 25.7 Å². The number of H-pyrrole nitrogens is 1. The maximum Gasteiger partial charge on any atom is 0.124 e. The highest BCUT2D eigenvalue weighted by Gasteiger charge is 2.27. The molecule has 0 amide bonds. The molecule has 1 atom stereocenters. The lowest BCUT2D eigenvalue weighted by atomic mass is 9.75. The fourth-order valence-electron chi connectivity index (χ4n) is 3.18. The second-order valence-electron chi connectivity index (χ2n) is 6.97. The molecule has 1 aliphatic carbocycles. The second-order valence-corrected chi connectivity index (χ2v) is 6.97. The van der Waals surface area contributed by atoms with E-state index in [4.69, 9.17) is 0 Å². The first-order valence-electron chi connectivity index (χ1n) is 7.74. The van der Waals surface area contributed by atoms with E-state index < -0.39 is 0 Å². The first kappa shape index (κ1) is 13.6. The lowest BCUT2D eigenvalue weighted by molar-refractivity contribution is 0.199. The highest BCUT2D eigenvalue weighted by atomic mass is 15.0. The van der Waals surface area contributed by atoms with E-state index in [1.54, 1.807) is 0 Å². The Labute approximate surface area is 121 Å². The molecule has 0 saturated heterocycles. The van der Waals surface area contributed by atoms with Crippen LogP contribution >= 0.6 is 0 Å². The average molecular weight is 271 g/mol. The van der Waals surface area contributed by atoms with Crippen LogP contribution in [0.25, 0.3) is 11.0 Å². The highest BCUT2D eigenvalue weighted by molar-refractivity contribution is 5.74. The van der Waals surface area contributed by atoms with Crippen LogP contribution in [0, 0.1) is 5.41 Å². The van der Waals surface area contributed by atoms with E-state index >= 15 is 0 Å².